The maximum atomic E-state index is 12.5. The highest BCUT2D eigenvalue weighted by molar-refractivity contribution is 5.94. The lowest BCUT2D eigenvalue weighted by Crippen LogP contribution is -2.33. The lowest BCUT2D eigenvalue weighted by atomic mass is 9.82. The van der Waals surface area contributed by atoms with Crippen molar-refractivity contribution in [2.24, 2.45) is 22.7 Å². The molecule has 24 heavy (non-hydrogen) atoms. The predicted octanol–water partition coefficient (Wildman–Crippen LogP) is 4.75. The van der Waals surface area contributed by atoms with E-state index in [-0.39, 0.29) is 10.8 Å². The summed E-state index contributed by atoms with van der Waals surface area (Å²) in [7, 11) is 0. The Labute approximate surface area is 147 Å². The van der Waals surface area contributed by atoms with Gasteiger partial charge < -0.3 is 9.47 Å². The Balaban J connectivity index is 2.69. The van der Waals surface area contributed by atoms with Crippen molar-refractivity contribution in [3.05, 3.63) is 0 Å². The van der Waals surface area contributed by atoms with E-state index in [2.05, 4.69) is 0 Å². The van der Waals surface area contributed by atoms with Crippen LogP contribution in [0.4, 0.5) is 0 Å². The van der Waals surface area contributed by atoms with E-state index in [1.165, 1.54) is 19.3 Å². The minimum atomic E-state index is -0.780. The van der Waals surface area contributed by atoms with Gasteiger partial charge in [0.15, 0.2) is 5.92 Å². The zero-order valence-corrected chi connectivity index (χ0v) is 16.4. The first-order valence-corrected chi connectivity index (χ1v) is 9.31. The summed E-state index contributed by atoms with van der Waals surface area (Å²) in [5.74, 6) is -1.20. The topological polar surface area (TPSA) is 52.6 Å². The first-order chi connectivity index (χ1) is 11.0. The van der Waals surface area contributed by atoms with Crippen LogP contribution in [-0.4, -0.2) is 25.2 Å². The molecule has 0 N–H and O–H groups in total. The van der Waals surface area contributed by atoms with Gasteiger partial charge in [-0.3, -0.25) is 9.59 Å². The maximum Gasteiger partial charge on any atom is 0.320 e. The second-order valence-corrected chi connectivity index (χ2v) is 9.63. The molecule has 0 aliphatic heterocycles. The van der Waals surface area contributed by atoms with Crippen LogP contribution in [0.15, 0.2) is 0 Å². The number of carbonyl (C=O) groups is 2. The molecule has 0 bridgehead atoms. The summed E-state index contributed by atoms with van der Waals surface area (Å²) in [5, 5.41) is 0. The number of hydrogen-bond donors (Lipinski definition) is 0. The monoisotopic (exact) mass is 340 g/mol. The molecule has 0 aromatic carbocycles. The minimum absolute atomic E-state index is 0.111. The average Bonchev–Trinajstić information content (AvgIpc) is 2.47. The summed E-state index contributed by atoms with van der Waals surface area (Å²) in [6.45, 7) is 12.7. The molecule has 0 aromatic rings. The van der Waals surface area contributed by atoms with Gasteiger partial charge in [0.1, 0.15) is 0 Å². The van der Waals surface area contributed by atoms with Gasteiger partial charge in [0.25, 0.3) is 0 Å². The third-order valence-electron chi connectivity index (χ3n) is 4.16. The summed E-state index contributed by atoms with van der Waals surface area (Å²) >= 11 is 0. The Morgan fingerprint density at radius 1 is 0.833 bits per heavy atom. The van der Waals surface area contributed by atoms with Crippen LogP contribution in [0.3, 0.4) is 0 Å². The van der Waals surface area contributed by atoms with Gasteiger partial charge in [0, 0.05) is 0 Å². The Morgan fingerprint density at radius 2 is 1.25 bits per heavy atom. The van der Waals surface area contributed by atoms with Crippen LogP contribution in [-0.2, 0) is 19.1 Å². The molecule has 0 saturated heterocycles. The van der Waals surface area contributed by atoms with E-state index in [0.717, 1.165) is 12.8 Å². The number of ether oxygens (including phenoxy) is 2. The maximum absolute atomic E-state index is 12.5. The van der Waals surface area contributed by atoms with Gasteiger partial charge in [-0.15, -0.1) is 0 Å². The SMILES string of the molecule is CC(C)(C)COC(=O)C(CC1CCCCC1)C(=O)OCC(C)(C)C. The Bertz CT molecular complexity index is 378. The third-order valence-corrected chi connectivity index (χ3v) is 4.16. The van der Waals surface area contributed by atoms with Crippen LogP contribution in [0.2, 0.25) is 0 Å². The molecular formula is C20H36O4. The smallest absolute Gasteiger partial charge is 0.320 e. The summed E-state index contributed by atoms with van der Waals surface area (Å²) < 4.78 is 10.8. The van der Waals surface area contributed by atoms with Crippen LogP contribution >= 0.6 is 0 Å². The molecule has 140 valence electrons. The molecule has 4 heteroatoms. The highest BCUT2D eigenvalue weighted by Crippen LogP contribution is 2.30. The zero-order chi connectivity index (χ0) is 18.4. The highest BCUT2D eigenvalue weighted by atomic mass is 16.6. The molecule has 0 amide bonds. The Morgan fingerprint density at radius 3 is 1.62 bits per heavy atom. The fourth-order valence-corrected chi connectivity index (χ4v) is 2.82. The van der Waals surface area contributed by atoms with Gasteiger partial charge in [0.05, 0.1) is 13.2 Å². The summed E-state index contributed by atoms with van der Waals surface area (Å²) in [4.78, 5) is 25.0. The fraction of sp³-hybridized carbons (Fsp3) is 0.900. The molecule has 1 aliphatic rings. The molecule has 1 rings (SSSR count). The number of hydrogen-bond acceptors (Lipinski definition) is 4. The van der Waals surface area contributed by atoms with E-state index < -0.39 is 17.9 Å². The van der Waals surface area contributed by atoms with Gasteiger partial charge in [0.2, 0.25) is 0 Å². The summed E-state index contributed by atoms with van der Waals surface area (Å²) in [5.41, 5.74) is -0.222. The van der Waals surface area contributed by atoms with Crippen LogP contribution < -0.4 is 0 Å². The van der Waals surface area contributed by atoms with Crippen molar-refractivity contribution in [1.82, 2.24) is 0 Å². The van der Waals surface area contributed by atoms with E-state index in [1.54, 1.807) is 0 Å². The van der Waals surface area contributed by atoms with Gasteiger partial charge in [-0.05, 0) is 23.2 Å². The van der Waals surface area contributed by atoms with Gasteiger partial charge in [-0.25, -0.2) is 0 Å². The van der Waals surface area contributed by atoms with Crippen molar-refractivity contribution in [2.45, 2.75) is 80.1 Å². The average molecular weight is 341 g/mol. The first kappa shape index (κ1) is 21.0. The second kappa shape index (κ2) is 8.87. The molecule has 0 spiro atoms. The van der Waals surface area contributed by atoms with Gasteiger partial charge >= 0.3 is 11.9 Å². The van der Waals surface area contributed by atoms with E-state index in [4.69, 9.17) is 9.47 Å². The van der Waals surface area contributed by atoms with Crippen molar-refractivity contribution in [1.29, 1.82) is 0 Å². The van der Waals surface area contributed by atoms with Gasteiger partial charge in [-0.1, -0.05) is 73.6 Å². The summed E-state index contributed by atoms with van der Waals surface area (Å²) in [6.07, 6.45) is 6.37. The lowest BCUT2D eigenvalue weighted by molar-refractivity contribution is -0.166. The van der Waals surface area contributed by atoms with Crippen molar-refractivity contribution in [3.8, 4) is 0 Å². The molecule has 0 aromatic heterocycles. The molecule has 1 fully saturated rings. The molecule has 0 radical (unpaired) electrons. The van der Waals surface area contributed by atoms with E-state index in [1.807, 2.05) is 41.5 Å². The van der Waals surface area contributed by atoms with Crippen molar-refractivity contribution >= 4 is 11.9 Å². The molecule has 0 heterocycles. The van der Waals surface area contributed by atoms with Crippen molar-refractivity contribution < 1.29 is 19.1 Å². The van der Waals surface area contributed by atoms with Crippen LogP contribution in [0.25, 0.3) is 0 Å². The van der Waals surface area contributed by atoms with Crippen LogP contribution in [0, 0.1) is 22.7 Å². The van der Waals surface area contributed by atoms with Crippen LogP contribution in [0.5, 0.6) is 0 Å². The minimum Gasteiger partial charge on any atom is -0.464 e. The first-order valence-electron chi connectivity index (χ1n) is 9.31. The third kappa shape index (κ3) is 8.70. The van der Waals surface area contributed by atoms with Gasteiger partial charge in [-0.2, -0.15) is 0 Å². The zero-order valence-electron chi connectivity index (χ0n) is 16.4. The van der Waals surface area contributed by atoms with E-state index in [9.17, 15) is 9.59 Å². The summed E-state index contributed by atoms with van der Waals surface area (Å²) in [6, 6.07) is 0. The molecule has 0 unspecified atom stereocenters. The number of rotatable bonds is 6. The standard InChI is InChI=1S/C20H36O4/c1-19(2,3)13-23-17(21)16(12-15-10-8-7-9-11-15)18(22)24-14-20(4,5)6/h15-16H,7-14H2,1-6H3. The van der Waals surface area contributed by atoms with Crippen molar-refractivity contribution in [2.75, 3.05) is 13.2 Å². The highest BCUT2D eigenvalue weighted by Gasteiger charge is 2.34. The largest absolute Gasteiger partial charge is 0.464 e. The van der Waals surface area contributed by atoms with E-state index >= 15 is 0 Å². The molecule has 1 aliphatic carbocycles. The quantitative estimate of drug-likeness (QED) is 0.517. The second-order valence-electron chi connectivity index (χ2n) is 9.63. The van der Waals surface area contributed by atoms with Crippen LogP contribution in [0.1, 0.15) is 80.1 Å². The molecular weight excluding hydrogens is 304 g/mol. The molecule has 0 atom stereocenters. The Kier molecular flexibility index (Phi) is 7.75. The number of esters is 2. The normalized spacial score (nSPS) is 17.0. The van der Waals surface area contributed by atoms with E-state index in [0.29, 0.717) is 25.6 Å². The Hall–Kier alpha value is -1.06. The molecule has 4 nitrogen and oxygen atoms in total. The molecule has 1 saturated carbocycles. The number of carbonyl (C=O) groups excluding carboxylic acids is 2. The lowest BCUT2D eigenvalue weighted by Gasteiger charge is -2.27. The fourth-order valence-electron chi connectivity index (χ4n) is 2.82. The predicted molar refractivity (Wildman–Crippen MR) is 95.5 cm³/mol. The van der Waals surface area contributed by atoms with Crippen molar-refractivity contribution in [3.63, 3.8) is 0 Å².